The average molecular weight is 262 g/mol. The quantitative estimate of drug-likeness (QED) is 0.817. The third-order valence-corrected chi connectivity index (χ3v) is 3.34. The molecule has 19 heavy (non-hydrogen) atoms. The SMILES string of the molecule is COC(=O)CCc1ccc(N2CCC(N)C2=O)cc1. The molecular formula is C14H18N2O3. The summed E-state index contributed by atoms with van der Waals surface area (Å²) in [5.74, 6) is -0.243. The van der Waals surface area contributed by atoms with E-state index < -0.39 is 0 Å². The summed E-state index contributed by atoms with van der Waals surface area (Å²) in [6.07, 6.45) is 1.70. The standard InChI is InChI=1S/C14H18N2O3/c1-19-13(17)7-4-10-2-5-11(6-3-10)16-9-8-12(15)14(16)18/h2-3,5-6,12H,4,7-9,15H2,1H3. The number of rotatable bonds is 4. The summed E-state index contributed by atoms with van der Waals surface area (Å²) in [4.78, 5) is 24.5. The van der Waals surface area contributed by atoms with Crippen molar-refractivity contribution >= 4 is 17.6 Å². The lowest BCUT2D eigenvalue weighted by Gasteiger charge is -2.16. The Kier molecular flexibility index (Phi) is 4.16. The molecule has 1 amide bonds. The Balaban J connectivity index is 1.99. The molecule has 0 aliphatic carbocycles. The van der Waals surface area contributed by atoms with Gasteiger partial charge in [-0.05, 0) is 30.5 Å². The van der Waals surface area contributed by atoms with E-state index in [9.17, 15) is 9.59 Å². The molecule has 0 bridgehead atoms. The molecule has 1 unspecified atom stereocenters. The lowest BCUT2D eigenvalue weighted by molar-refractivity contribution is -0.140. The van der Waals surface area contributed by atoms with Crippen molar-refractivity contribution in [2.24, 2.45) is 5.73 Å². The van der Waals surface area contributed by atoms with Crippen LogP contribution in [0.4, 0.5) is 5.69 Å². The molecular weight excluding hydrogens is 244 g/mol. The summed E-state index contributed by atoms with van der Waals surface area (Å²) in [7, 11) is 1.38. The second-order valence-corrected chi connectivity index (χ2v) is 4.63. The molecule has 5 nitrogen and oxygen atoms in total. The number of aryl methyl sites for hydroxylation is 1. The second kappa shape index (κ2) is 5.84. The Labute approximate surface area is 112 Å². The first-order valence-electron chi connectivity index (χ1n) is 6.34. The molecule has 1 aromatic rings. The van der Waals surface area contributed by atoms with E-state index >= 15 is 0 Å². The van der Waals surface area contributed by atoms with Crippen LogP contribution in [0.5, 0.6) is 0 Å². The number of benzene rings is 1. The molecule has 1 heterocycles. The summed E-state index contributed by atoms with van der Waals surface area (Å²) in [5.41, 5.74) is 7.60. The first-order valence-corrected chi connectivity index (χ1v) is 6.34. The number of esters is 1. The minimum Gasteiger partial charge on any atom is -0.469 e. The van der Waals surface area contributed by atoms with Gasteiger partial charge in [0.15, 0.2) is 0 Å². The number of hydrogen-bond acceptors (Lipinski definition) is 4. The van der Waals surface area contributed by atoms with Gasteiger partial charge in [0, 0.05) is 18.7 Å². The Morgan fingerprint density at radius 1 is 1.42 bits per heavy atom. The Hall–Kier alpha value is -1.88. The molecule has 1 atom stereocenters. The smallest absolute Gasteiger partial charge is 0.305 e. The van der Waals surface area contributed by atoms with Crippen molar-refractivity contribution in [1.82, 2.24) is 0 Å². The van der Waals surface area contributed by atoms with Crippen molar-refractivity contribution in [1.29, 1.82) is 0 Å². The van der Waals surface area contributed by atoms with E-state index in [4.69, 9.17) is 5.73 Å². The number of nitrogens with zero attached hydrogens (tertiary/aromatic N) is 1. The molecule has 1 aromatic carbocycles. The highest BCUT2D eigenvalue weighted by molar-refractivity contribution is 5.99. The van der Waals surface area contributed by atoms with E-state index in [-0.39, 0.29) is 17.9 Å². The summed E-state index contributed by atoms with van der Waals surface area (Å²) < 4.78 is 4.60. The van der Waals surface area contributed by atoms with Crippen LogP contribution in [0.3, 0.4) is 0 Å². The van der Waals surface area contributed by atoms with Gasteiger partial charge in [-0.25, -0.2) is 0 Å². The number of ether oxygens (including phenoxy) is 1. The van der Waals surface area contributed by atoms with Gasteiger partial charge in [0.2, 0.25) is 5.91 Å². The molecule has 1 aliphatic rings. The third-order valence-electron chi connectivity index (χ3n) is 3.34. The highest BCUT2D eigenvalue weighted by Gasteiger charge is 2.29. The van der Waals surface area contributed by atoms with Crippen LogP contribution in [0.25, 0.3) is 0 Å². The molecule has 1 saturated heterocycles. The predicted octanol–water partition coefficient (Wildman–Crippen LogP) is 0.856. The lowest BCUT2D eigenvalue weighted by Crippen LogP contribution is -2.33. The molecule has 1 aliphatic heterocycles. The lowest BCUT2D eigenvalue weighted by atomic mass is 10.1. The molecule has 5 heteroatoms. The first kappa shape index (κ1) is 13.5. The number of nitrogens with two attached hydrogens (primary N) is 1. The summed E-state index contributed by atoms with van der Waals surface area (Å²) >= 11 is 0. The van der Waals surface area contributed by atoms with Gasteiger partial charge >= 0.3 is 5.97 Å². The van der Waals surface area contributed by atoms with E-state index in [1.165, 1.54) is 7.11 Å². The number of hydrogen-bond donors (Lipinski definition) is 1. The number of methoxy groups -OCH3 is 1. The van der Waals surface area contributed by atoms with E-state index in [2.05, 4.69) is 4.74 Å². The molecule has 0 aromatic heterocycles. The minimum atomic E-state index is -0.376. The molecule has 0 spiro atoms. The van der Waals surface area contributed by atoms with Gasteiger partial charge in [-0.1, -0.05) is 12.1 Å². The van der Waals surface area contributed by atoms with E-state index in [0.29, 0.717) is 25.8 Å². The van der Waals surface area contributed by atoms with Crippen LogP contribution < -0.4 is 10.6 Å². The number of amides is 1. The second-order valence-electron chi connectivity index (χ2n) is 4.63. The molecule has 0 saturated carbocycles. The van der Waals surface area contributed by atoms with Gasteiger partial charge < -0.3 is 15.4 Å². The van der Waals surface area contributed by atoms with Crippen molar-refractivity contribution in [3.63, 3.8) is 0 Å². The van der Waals surface area contributed by atoms with E-state index in [1.54, 1.807) is 4.90 Å². The largest absolute Gasteiger partial charge is 0.469 e. The molecule has 0 radical (unpaired) electrons. The highest BCUT2D eigenvalue weighted by Crippen LogP contribution is 2.21. The maximum atomic E-state index is 11.8. The van der Waals surface area contributed by atoms with Crippen molar-refractivity contribution in [3.05, 3.63) is 29.8 Å². The van der Waals surface area contributed by atoms with Crippen LogP contribution in [0.1, 0.15) is 18.4 Å². The topological polar surface area (TPSA) is 72.6 Å². The third kappa shape index (κ3) is 3.12. The maximum Gasteiger partial charge on any atom is 0.305 e. The van der Waals surface area contributed by atoms with Gasteiger partial charge in [0.1, 0.15) is 0 Å². The van der Waals surface area contributed by atoms with Gasteiger partial charge in [-0.15, -0.1) is 0 Å². The zero-order chi connectivity index (χ0) is 13.8. The highest BCUT2D eigenvalue weighted by atomic mass is 16.5. The zero-order valence-electron chi connectivity index (χ0n) is 11.0. The van der Waals surface area contributed by atoms with Crippen molar-refractivity contribution < 1.29 is 14.3 Å². The molecule has 2 rings (SSSR count). The fourth-order valence-electron chi connectivity index (χ4n) is 2.15. The normalized spacial score (nSPS) is 18.7. The summed E-state index contributed by atoms with van der Waals surface area (Å²) in [5, 5.41) is 0. The summed E-state index contributed by atoms with van der Waals surface area (Å²) in [6.45, 7) is 0.668. The Morgan fingerprint density at radius 3 is 2.63 bits per heavy atom. The fraction of sp³-hybridized carbons (Fsp3) is 0.429. The number of anilines is 1. The van der Waals surface area contributed by atoms with Crippen LogP contribution in [0.15, 0.2) is 24.3 Å². The Bertz CT molecular complexity index is 470. The monoisotopic (exact) mass is 262 g/mol. The van der Waals surface area contributed by atoms with Gasteiger partial charge in [-0.3, -0.25) is 9.59 Å². The molecule has 2 N–H and O–H groups in total. The first-order chi connectivity index (χ1) is 9.11. The van der Waals surface area contributed by atoms with Crippen molar-refractivity contribution in [2.75, 3.05) is 18.6 Å². The van der Waals surface area contributed by atoms with Crippen molar-refractivity contribution in [3.8, 4) is 0 Å². The van der Waals surface area contributed by atoms with Gasteiger partial charge in [0.05, 0.1) is 13.2 Å². The minimum absolute atomic E-state index is 0.0256. The van der Waals surface area contributed by atoms with Crippen LogP contribution in [0.2, 0.25) is 0 Å². The maximum absolute atomic E-state index is 11.8. The van der Waals surface area contributed by atoms with Crippen LogP contribution in [0, 0.1) is 0 Å². The molecule has 1 fully saturated rings. The van der Waals surface area contributed by atoms with Gasteiger partial charge in [-0.2, -0.15) is 0 Å². The number of carbonyl (C=O) groups is 2. The summed E-state index contributed by atoms with van der Waals surface area (Å²) in [6, 6.07) is 7.26. The zero-order valence-corrected chi connectivity index (χ0v) is 11.0. The van der Waals surface area contributed by atoms with Crippen LogP contribution in [-0.4, -0.2) is 31.6 Å². The van der Waals surface area contributed by atoms with E-state index in [1.807, 2.05) is 24.3 Å². The van der Waals surface area contributed by atoms with Crippen LogP contribution >= 0.6 is 0 Å². The Morgan fingerprint density at radius 2 is 2.11 bits per heavy atom. The van der Waals surface area contributed by atoms with Crippen molar-refractivity contribution in [2.45, 2.75) is 25.3 Å². The fourth-order valence-corrected chi connectivity index (χ4v) is 2.15. The van der Waals surface area contributed by atoms with E-state index in [0.717, 1.165) is 11.3 Å². The van der Waals surface area contributed by atoms with Crippen LogP contribution in [-0.2, 0) is 20.7 Å². The predicted molar refractivity (Wildman–Crippen MR) is 71.7 cm³/mol. The average Bonchev–Trinajstić information content (AvgIpc) is 2.77. The van der Waals surface area contributed by atoms with Gasteiger partial charge in [0.25, 0.3) is 0 Å². The number of carbonyl (C=O) groups excluding carboxylic acids is 2. The molecule has 102 valence electrons.